The van der Waals surface area contributed by atoms with E-state index in [4.69, 9.17) is 21.1 Å². The van der Waals surface area contributed by atoms with E-state index in [1.165, 1.54) is 5.56 Å². The molecule has 0 unspecified atom stereocenters. The molecular weight excluding hydrogens is 280 g/mol. The fraction of sp³-hybridized carbons (Fsp3) is 0.333. The Labute approximate surface area is 122 Å². The summed E-state index contributed by atoms with van der Waals surface area (Å²) in [6.45, 7) is 3.21. The average molecular weight is 297 g/mol. The van der Waals surface area contributed by atoms with Gasteiger partial charge in [-0.05, 0) is 35.4 Å². The van der Waals surface area contributed by atoms with Crippen molar-refractivity contribution >= 4 is 22.9 Å². The number of rotatable bonds is 7. The Morgan fingerprint density at radius 2 is 2.11 bits per heavy atom. The van der Waals surface area contributed by atoms with Gasteiger partial charge in [0.05, 0.1) is 19.1 Å². The molecule has 0 fully saturated rings. The summed E-state index contributed by atoms with van der Waals surface area (Å²) in [6, 6.07) is 7.94. The second-order valence-electron chi connectivity index (χ2n) is 4.04. The highest BCUT2D eigenvalue weighted by Gasteiger charge is 2.10. The summed E-state index contributed by atoms with van der Waals surface area (Å²) in [6.07, 6.45) is 0.895. The summed E-state index contributed by atoms with van der Waals surface area (Å²) in [5, 5.41) is 4.22. The molecule has 0 bridgehead atoms. The summed E-state index contributed by atoms with van der Waals surface area (Å²) in [4.78, 5) is 0. The summed E-state index contributed by atoms with van der Waals surface area (Å²) >= 11 is 7.65. The van der Waals surface area contributed by atoms with Gasteiger partial charge in [-0.1, -0.05) is 12.1 Å². The Hall–Kier alpha value is -1.19. The molecule has 0 atom stereocenters. The van der Waals surface area contributed by atoms with Crippen LogP contribution in [0.1, 0.15) is 18.1 Å². The predicted molar refractivity (Wildman–Crippen MR) is 80.7 cm³/mol. The molecule has 0 aliphatic rings. The Balaban J connectivity index is 2.04. The largest absolute Gasteiger partial charge is 0.490 e. The topological polar surface area (TPSA) is 18.5 Å². The molecule has 0 amide bonds. The maximum absolute atomic E-state index is 5.95. The van der Waals surface area contributed by atoms with Crippen LogP contribution in [0.5, 0.6) is 11.5 Å². The van der Waals surface area contributed by atoms with Crippen LogP contribution < -0.4 is 9.47 Å². The molecule has 0 radical (unpaired) electrons. The highest BCUT2D eigenvalue weighted by molar-refractivity contribution is 7.07. The molecule has 1 aromatic heterocycles. The van der Waals surface area contributed by atoms with E-state index >= 15 is 0 Å². The molecule has 2 rings (SSSR count). The van der Waals surface area contributed by atoms with Crippen LogP contribution in [0, 0.1) is 0 Å². The van der Waals surface area contributed by atoms with Crippen molar-refractivity contribution in [3.63, 3.8) is 0 Å². The maximum Gasteiger partial charge on any atom is 0.165 e. The van der Waals surface area contributed by atoms with E-state index in [0.717, 1.165) is 23.5 Å². The van der Waals surface area contributed by atoms with Gasteiger partial charge >= 0.3 is 0 Å². The van der Waals surface area contributed by atoms with Crippen LogP contribution in [0.25, 0.3) is 0 Å². The number of hydrogen-bond donors (Lipinski definition) is 0. The Morgan fingerprint density at radius 1 is 1.21 bits per heavy atom. The normalized spacial score (nSPS) is 10.4. The molecule has 0 saturated heterocycles. The number of benzene rings is 1. The Bertz CT molecular complexity index is 497. The molecule has 1 heterocycles. The third-order valence-electron chi connectivity index (χ3n) is 2.72. The van der Waals surface area contributed by atoms with Gasteiger partial charge < -0.3 is 9.47 Å². The second-order valence-corrected chi connectivity index (χ2v) is 5.09. The zero-order valence-corrected chi connectivity index (χ0v) is 12.5. The fourth-order valence-corrected chi connectivity index (χ4v) is 2.72. The highest BCUT2D eigenvalue weighted by atomic mass is 35.5. The molecule has 0 N–H and O–H groups in total. The molecule has 2 nitrogen and oxygen atoms in total. The summed E-state index contributed by atoms with van der Waals surface area (Å²) < 4.78 is 11.5. The van der Waals surface area contributed by atoms with Crippen molar-refractivity contribution in [2.24, 2.45) is 0 Å². The van der Waals surface area contributed by atoms with Crippen molar-refractivity contribution in [1.29, 1.82) is 0 Å². The molecule has 19 heavy (non-hydrogen) atoms. The van der Waals surface area contributed by atoms with Crippen LogP contribution in [0.4, 0.5) is 0 Å². The maximum atomic E-state index is 5.95. The third-order valence-corrected chi connectivity index (χ3v) is 3.74. The van der Waals surface area contributed by atoms with E-state index in [2.05, 4.69) is 16.8 Å². The van der Waals surface area contributed by atoms with E-state index in [1.807, 2.05) is 25.1 Å². The van der Waals surface area contributed by atoms with Gasteiger partial charge in [-0.2, -0.15) is 11.3 Å². The minimum atomic E-state index is 0.425. The minimum absolute atomic E-state index is 0.425. The standard InChI is InChI=1S/C15H17ClO2S/c1-2-17-14-5-3-4-13(10-16)15(14)18-8-6-12-7-9-19-11-12/h3-5,7,9,11H,2,6,8,10H2,1H3. The zero-order valence-electron chi connectivity index (χ0n) is 10.9. The summed E-state index contributed by atoms with van der Waals surface area (Å²) in [5.41, 5.74) is 2.27. The van der Waals surface area contributed by atoms with E-state index < -0.39 is 0 Å². The van der Waals surface area contributed by atoms with Crippen LogP contribution in [0.2, 0.25) is 0 Å². The number of para-hydroxylation sites is 1. The van der Waals surface area contributed by atoms with Crippen molar-refractivity contribution in [3.05, 3.63) is 46.2 Å². The summed E-state index contributed by atoms with van der Waals surface area (Å²) in [5.74, 6) is 1.97. The van der Waals surface area contributed by atoms with Crippen LogP contribution in [0.15, 0.2) is 35.0 Å². The van der Waals surface area contributed by atoms with Crippen molar-refractivity contribution < 1.29 is 9.47 Å². The number of ether oxygens (including phenoxy) is 2. The van der Waals surface area contributed by atoms with Gasteiger partial charge in [0.15, 0.2) is 11.5 Å². The number of alkyl halides is 1. The Morgan fingerprint density at radius 3 is 2.79 bits per heavy atom. The van der Waals surface area contributed by atoms with Gasteiger partial charge in [0.2, 0.25) is 0 Å². The first kappa shape index (κ1) is 14.2. The molecule has 0 spiro atoms. The summed E-state index contributed by atoms with van der Waals surface area (Å²) in [7, 11) is 0. The van der Waals surface area contributed by atoms with Crippen molar-refractivity contribution in [3.8, 4) is 11.5 Å². The van der Waals surface area contributed by atoms with Gasteiger partial charge in [0.1, 0.15) is 0 Å². The van der Waals surface area contributed by atoms with Crippen molar-refractivity contribution in [2.45, 2.75) is 19.2 Å². The first-order valence-electron chi connectivity index (χ1n) is 6.29. The minimum Gasteiger partial charge on any atom is -0.490 e. The number of halogens is 1. The SMILES string of the molecule is CCOc1cccc(CCl)c1OCCc1ccsc1. The molecule has 4 heteroatoms. The molecule has 102 valence electrons. The van der Waals surface area contributed by atoms with E-state index in [1.54, 1.807) is 11.3 Å². The predicted octanol–water partition coefficient (Wildman–Crippen LogP) is 4.51. The Kier molecular flexibility index (Phi) is 5.55. The number of thiophene rings is 1. The van der Waals surface area contributed by atoms with E-state index in [9.17, 15) is 0 Å². The van der Waals surface area contributed by atoms with Gasteiger partial charge in [-0.15, -0.1) is 11.6 Å². The van der Waals surface area contributed by atoms with Gasteiger partial charge in [-0.25, -0.2) is 0 Å². The van der Waals surface area contributed by atoms with Crippen LogP contribution in [-0.4, -0.2) is 13.2 Å². The lowest BCUT2D eigenvalue weighted by molar-refractivity contribution is 0.277. The van der Waals surface area contributed by atoms with Crippen LogP contribution in [-0.2, 0) is 12.3 Å². The van der Waals surface area contributed by atoms with Crippen molar-refractivity contribution in [2.75, 3.05) is 13.2 Å². The zero-order chi connectivity index (χ0) is 13.5. The van der Waals surface area contributed by atoms with Gasteiger partial charge in [0.25, 0.3) is 0 Å². The number of hydrogen-bond acceptors (Lipinski definition) is 3. The first-order valence-corrected chi connectivity index (χ1v) is 7.77. The molecule has 1 aromatic carbocycles. The second kappa shape index (κ2) is 7.41. The van der Waals surface area contributed by atoms with Crippen molar-refractivity contribution in [1.82, 2.24) is 0 Å². The molecule has 0 aliphatic carbocycles. The molecule has 0 aliphatic heterocycles. The lowest BCUT2D eigenvalue weighted by Crippen LogP contribution is -2.05. The third kappa shape index (κ3) is 3.88. The van der Waals surface area contributed by atoms with Gasteiger partial charge in [-0.3, -0.25) is 0 Å². The van der Waals surface area contributed by atoms with Crippen LogP contribution >= 0.6 is 22.9 Å². The lowest BCUT2D eigenvalue weighted by Gasteiger charge is -2.14. The quantitative estimate of drug-likeness (QED) is 0.700. The first-order chi connectivity index (χ1) is 9.35. The molecule has 2 aromatic rings. The highest BCUT2D eigenvalue weighted by Crippen LogP contribution is 2.32. The smallest absolute Gasteiger partial charge is 0.165 e. The molecular formula is C15H17ClO2S. The van der Waals surface area contributed by atoms with Gasteiger partial charge in [0, 0.05) is 12.0 Å². The fourth-order valence-electron chi connectivity index (χ4n) is 1.81. The average Bonchev–Trinajstić information content (AvgIpc) is 2.93. The monoisotopic (exact) mass is 296 g/mol. The van der Waals surface area contributed by atoms with Crippen LogP contribution in [0.3, 0.4) is 0 Å². The van der Waals surface area contributed by atoms with E-state index in [-0.39, 0.29) is 0 Å². The molecule has 0 saturated carbocycles. The lowest BCUT2D eigenvalue weighted by atomic mass is 10.2. The van der Waals surface area contributed by atoms with E-state index in [0.29, 0.717) is 19.1 Å².